The number of carboxylic acid groups (broad SMARTS) is 1. The van der Waals surface area contributed by atoms with Gasteiger partial charge >= 0.3 is 11.9 Å². The second-order valence-electron chi connectivity index (χ2n) is 11.5. The summed E-state index contributed by atoms with van der Waals surface area (Å²) in [6.45, 7) is 4.02. The van der Waals surface area contributed by atoms with Crippen LogP contribution in [0.4, 0.5) is 17.1 Å². The van der Waals surface area contributed by atoms with Crippen molar-refractivity contribution in [3.8, 4) is 0 Å². The van der Waals surface area contributed by atoms with E-state index < -0.39 is 11.9 Å². The molecule has 11 nitrogen and oxygen atoms in total. The highest BCUT2D eigenvalue weighted by molar-refractivity contribution is 5.94. The van der Waals surface area contributed by atoms with E-state index in [1.807, 2.05) is 55.1 Å². The summed E-state index contributed by atoms with van der Waals surface area (Å²) >= 11 is 0. The predicted octanol–water partition coefficient (Wildman–Crippen LogP) is 5.49. The zero-order valence-electron chi connectivity index (χ0n) is 25.4. The van der Waals surface area contributed by atoms with Gasteiger partial charge in [0.05, 0.1) is 30.8 Å². The Morgan fingerprint density at radius 1 is 0.884 bits per heavy atom. The minimum atomic E-state index is -1.02. The summed E-state index contributed by atoms with van der Waals surface area (Å²) in [6.07, 6.45) is 3.92. The zero-order chi connectivity index (χ0) is 31.2. The highest BCUT2D eigenvalue weighted by Gasteiger charge is 2.33. The largest absolute Gasteiger partial charge is 0.481 e. The second-order valence-corrected chi connectivity index (χ2v) is 11.5. The molecule has 1 aliphatic heterocycles. The monoisotopic (exact) mass is 593 g/mol. The van der Waals surface area contributed by atoms with E-state index in [0.717, 1.165) is 43.5 Å². The van der Waals surface area contributed by atoms with Gasteiger partial charge in [-0.15, -0.1) is 0 Å². The highest BCUT2D eigenvalue weighted by Crippen LogP contribution is 2.31. The number of aliphatic carboxylic acids is 1. The molecule has 1 fully saturated rings. The van der Waals surface area contributed by atoms with Gasteiger partial charge in [0.1, 0.15) is 0 Å². The molecule has 0 unspecified atom stereocenters. The normalized spacial score (nSPS) is 14.3. The summed E-state index contributed by atoms with van der Waals surface area (Å²) < 4.78 is 5.27. The number of nitrogens with zero attached hydrogens (tertiary/aromatic N) is 4. The Balaban J connectivity index is 1.27. The average Bonchev–Trinajstić information content (AvgIpc) is 3.00. The van der Waals surface area contributed by atoms with E-state index in [1.54, 1.807) is 24.3 Å². The van der Waals surface area contributed by atoms with Crippen molar-refractivity contribution in [1.29, 1.82) is 0 Å². The van der Waals surface area contributed by atoms with E-state index in [9.17, 15) is 19.2 Å². The van der Waals surface area contributed by atoms with Gasteiger partial charge in [-0.2, -0.15) is 10.2 Å². The Bertz CT molecular complexity index is 1250. The number of amides is 2. The summed E-state index contributed by atoms with van der Waals surface area (Å²) in [5.41, 5.74) is 2.84. The summed E-state index contributed by atoms with van der Waals surface area (Å²) in [6, 6.07) is 14.7. The Hall–Kier alpha value is -4.28. The first-order chi connectivity index (χ1) is 20.5. The van der Waals surface area contributed by atoms with Gasteiger partial charge in [0.25, 0.3) is 5.91 Å². The number of unbranched alkanes of at least 4 members (excludes halogenated alkanes) is 2. The Morgan fingerprint density at radius 3 is 2.07 bits per heavy atom. The molecule has 2 N–H and O–H groups in total. The van der Waals surface area contributed by atoms with Crippen LogP contribution >= 0.6 is 0 Å². The van der Waals surface area contributed by atoms with E-state index in [4.69, 9.17) is 9.84 Å². The lowest BCUT2D eigenvalue weighted by Gasteiger charge is -2.39. The minimum Gasteiger partial charge on any atom is -0.481 e. The van der Waals surface area contributed by atoms with Gasteiger partial charge in [0.15, 0.2) is 0 Å². The van der Waals surface area contributed by atoms with Gasteiger partial charge in [-0.05, 0) is 74.2 Å². The van der Waals surface area contributed by atoms with Crippen LogP contribution in [0, 0.1) is 5.41 Å². The van der Waals surface area contributed by atoms with Gasteiger partial charge in [0, 0.05) is 56.8 Å². The van der Waals surface area contributed by atoms with Crippen LogP contribution in [-0.2, 0) is 19.1 Å². The zero-order valence-corrected chi connectivity index (χ0v) is 25.4. The van der Waals surface area contributed by atoms with Gasteiger partial charge < -0.3 is 25.0 Å². The number of ether oxygens (including phenoxy) is 1. The molecule has 232 valence electrons. The molecule has 0 aliphatic carbocycles. The van der Waals surface area contributed by atoms with Gasteiger partial charge in [-0.1, -0.05) is 13.3 Å². The van der Waals surface area contributed by atoms with E-state index in [0.29, 0.717) is 37.3 Å². The van der Waals surface area contributed by atoms with Crippen LogP contribution in [0.3, 0.4) is 0 Å². The van der Waals surface area contributed by atoms with Crippen molar-refractivity contribution in [3.05, 3.63) is 54.1 Å². The summed E-state index contributed by atoms with van der Waals surface area (Å²) in [7, 11) is 3.96. The molecule has 0 atom stereocenters. The third kappa shape index (κ3) is 11.5. The fourth-order valence-corrected chi connectivity index (χ4v) is 4.63. The third-order valence-corrected chi connectivity index (χ3v) is 7.58. The maximum atomic E-state index is 12.6. The van der Waals surface area contributed by atoms with Crippen LogP contribution in [-0.4, -0.2) is 74.1 Å². The number of piperidine rings is 1. The van der Waals surface area contributed by atoms with Gasteiger partial charge in [0.2, 0.25) is 5.91 Å². The molecule has 3 rings (SSSR count). The molecule has 2 aromatic rings. The number of benzene rings is 2. The highest BCUT2D eigenvalue weighted by atomic mass is 16.5. The van der Waals surface area contributed by atoms with Crippen LogP contribution in [0.1, 0.15) is 68.6 Å². The van der Waals surface area contributed by atoms with Crippen molar-refractivity contribution in [2.45, 2.75) is 58.3 Å². The molecule has 1 aliphatic rings. The standard InChI is InChI=1S/C32H43N5O6/c1-32(23-43-30(41)17-16-29(39)40)18-21-37(22-19-32)28(38)7-5-4-6-20-33-31(42)24-8-10-25(11-9-24)34-35-26-12-14-27(15-13-26)36(2)3/h8-15H,4-7,16-23H2,1-3H3,(H,33,42)(H,39,40)/b35-34+. The molecule has 0 radical (unpaired) electrons. The maximum absolute atomic E-state index is 12.6. The second kappa shape index (κ2) is 16.4. The number of carbonyl (C=O) groups is 4. The van der Waals surface area contributed by atoms with Crippen molar-refractivity contribution in [2.75, 3.05) is 45.2 Å². The van der Waals surface area contributed by atoms with Crippen LogP contribution in [0.5, 0.6) is 0 Å². The first-order valence-electron chi connectivity index (χ1n) is 14.8. The van der Waals surface area contributed by atoms with Crippen LogP contribution in [0.25, 0.3) is 0 Å². The molecule has 2 aromatic carbocycles. The van der Waals surface area contributed by atoms with Crippen molar-refractivity contribution < 1.29 is 29.0 Å². The van der Waals surface area contributed by atoms with E-state index >= 15 is 0 Å². The molecule has 2 amide bonds. The van der Waals surface area contributed by atoms with E-state index in [-0.39, 0.29) is 36.7 Å². The maximum Gasteiger partial charge on any atom is 0.306 e. The van der Waals surface area contributed by atoms with Crippen molar-refractivity contribution >= 4 is 40.8 Å². The molecule has 1 heterocycles. The number of nitrogens with one attached hydrogen (secondary N) is 1. The molecule has 0 spiro atoms. The summed E-state index contributed by atoms with van der Waals surface area (Å²) in [5.74, 6) is -1.56. The number of rotatable bonds is 15. The molecule has 1 saturated heterocycles. The molecular weight excluding hydrogens is 550 g/mol. The van der Waals surface area contributed by atoms with E-state index in [1.165, 1.54) is 0 Å². The minimum absolute atomic E-state index is 0.118. The quantitative estimate of drug-likeness (QED) is 0.158. The lowest BCUT2D eigenvalue weighted by Crippen LogP contribution is -2.44. The molecule has 0 bridgehead atoms. The predicted molar refractivity (Wildman–Crippen MR) is 164 cm³/mol. The first-order valence-corrected chi connectivity index (χ1v) is 14.8. The Morgan fingerprint density at radius 2 is 1.49 bits per heavy atom. The number of azo groups is 1. The Kier molecular flexibility index (Phi) is 12.7. The Labute approximate surface area is 253 Å². The first kappa shape index (κ1) is 33.2. The van der Waals surface area contributed by atoms with E-state index in [2.05, 4.69) is 15.5 Å². The lowest BCUT2D eigenvalue weighted by molar-refractivity contribution is -0.151. The summed E-state index contributed by atoms with van der Waals surface area (Å²) in [4.78, 5) is 51.3. The van der Waals surface area contributed by atoms with Crippen LogP contribution < -0.4 is 10.2 Å². The molecule has 0 saturated carbocycles. The fourth-order valence-electron chi connectivity index (χ4n) is 4.63. The smallest absolute Gasteiger partial charge is 0.306 e. The fraction of sp³-hybridized carbons (Fsp3) is 0.500. The SMILES string of the molecule is CN(C)c1ccc(/N=N/c2ccc(C(=O)NCCCCCC(=O)N3CCC(C)(COC(=O)CCC(=O)O)CC3)cc2)cc1. The number of hydrogen-bond acceptors (Lipinski definition) is 8. The topological polar surface area (TPSA) is 141 Å². The number of carboxylic acids is 1. The molecule has 0 aromatic heterocycles. The van der Waals surface area contributed by atoms with Gasteiger partial charge in [-0.3, -0.25) is 19.2 Å². The average molecular weight is 594 g/mol. The summed E-state index contributed by atoms with van der Waals surface area (Å²) in [5, 5.41) is 20.1. The molecule has 43 heavy (non-hydrogen) atoms. The van der Waals surface area contributed by atoms with Crippen molar-refractivity contribution in [1.82, 2.24) is 10.2 Å². The van der Waals surface area contributed by atoms with Crippen molar-refractivity contribution in [2.24, 2.45) is 15.6 Å². The molecular formula is C32H43N5O6. The van der Waals surface area contributed by atoms with Gasteiger partial charge in [-0.25, -0.2) is 0 Å². The van der Waals surface area contributed by atoms with Crippen LogP contribution in [0.15, 0.2) is 58.8 Å². The van der Waals surface area contributed by atoms with Crippen LogP contribution in [0.2, 0.25) is 0 Å². The number of likely N-dealkylation sites (tertiary alicyclic amines) is 1. The lowest BCUT2D eigenvalue weighted by atomic mass is 9.81. The third-order valence-electron chi connectivity index (χ3n) is 7.58. The number of anilines is 1. The molecule has 11 heteroatoms. The number of carbonyl (C=O) groups excluding carboxylic acids is 3. The van der Waals surface area contributed by atoms with Crippen molar-refractivity contribution in [3.63, 3.8) is 0 Å². The number of hydrogen-bond donors (Lipinski definition) is 2. The number of esters is 1.